The second-order valence-electron chi connectivity index (χ2n) is 6.94. The van der Waals surface area contributed by atoms with Gasteiger partial charge in [-0.15, -0.1) is 0 Å². The number of aliphatic hydroxyl groups excluding tert-OH is 1. The molecule has 0 spiro atoms. The average molecular weight is 324 g/mol. The third-order valence-corrected chi connectivity index (χ3v) is 4.92. The topological polar surface area (TPSA) is 35.5 Å². The zero-order valence-corrected chi connectivity index (χ0v) is 14.5. The largest absolute Gasteiger partial charge is 0.396 e. The Labute approximate surface area is 145 Å². The number of benzene rings is 2. The molecule has 0 aromatic heterocycles. The molecule has 3 heteroatoms. The van der Waals surface area contributed by atoms with Crippen molar-refractivity contribution in [3.8, 4) is 0 Å². The molecule has 1 heterocycles. The van der Waals surface area contributed by atoms with Crippen LogP contribution < -0.4 is 5.32 Å². The summed E-state index contributed by atoms with van der Waals surface area (Å²) in [4.78, 5) is 2.49. The van der Waals surface area contributed by atoms with Gasteiger partial charge in [0.05, 0.1) is 0 Å². The molecule has 2 aromatic rings. The number of hydrogen-bond donors (Lipinski definition) is 2. The minimum Gasteiger partial charge on any atom is -0.396 e. The quantitative estimate of drug-likeness (QED) is 0.848. The number of piperidine rings is 1. The molecule has 0 unspecified atom stereocenters. The molecule has 1 saturated heterocycles. The zero-order valence-electron chi connectivity index (χ0n) is 14.5. The summed E-state index contributed by atoms with van der Waals surface area (Å²) >= 11 is 0. The number of nitrogens with one attached hydrogen (secondary N) is 1. The second-order valence-corrected chi connectivity index (χ2v) is 6.94. The van der Waals surface area contributed by atoms with E-state index in [4.69, 9.17) is 0 Å². The average Bonchev–Trinajstić information content (AvgIpc) is 2.62. The molecule has 1 fully saturated rings. The van der Waals surface area contributed by atoms with Gasteiger partial charge in [-0.05, 0) is 62.0 Å². The van der Waals surface area contributed by atoms with E-state index in [-0.39, 0.29) is 0 Å². The van der Waals surface area contributed by atoms with Gasteiger partial charge < -0.3 is 10.4 Å². The van der Waals surface area contributed by atoms with Crippen molar-refractivity contribution in [1.29, 1.82) is 0 Å². The van der Waals surface area contributed by atoms with Crippen LogP contribution in [0.3, 0.4) is 0 Å². The van der Waals surface area contributed by atoms with E-state index in [0.29, 0.717) is 12.5 Å². The van der Waals surface area contributed by atoms with Crippen molar-refractivity contribution in [3.63, 3.8) is 0 Å². The van der Waals surface area contributed by atoms with E-state index in [9.17, 15) is 5.11 Å². The SMILES string of the molecule is Cc1ccc(CNc2cccc(CN3CCC(CO)CC3)c2)cc1. The maximum absolute atomic E-state index is 9.24. The summed E-state index contributed by atoms with van der Waals surface area (Å²) in [5.74, 6) is 0.503. The van der Waals surface area contributed by atoms with Gasteiger partial charge in [-0.3, -0.25) is 4.90 Å². The minimum absolute atomic E-state index is 0.340. The van der Waals surface area contributed by atoms with Crippen LogP contribution in [0, 0.1) is 12.8 Å². The summed E-state index contributed by atoms with van der Waals surface area (Å²) in [6, 6.07) is 17.4. The monoisotopic (exact) mass is 324 g/mol. The highest BCUT2D eigenvalue weighted by atomic mass is 16.3. The third kappa shape index (κ3) is 4.83. The number of rotatable bonds is 6. The Kier molecular flexibility index (Phi) is 5.89. The van der Waals surface area contributed by atoms with Crippen molar-refractivity contribution in [2.45, 2.75) is 32.9 Å². The highest BCUT2D eigenvalue weighted by molar-refractivity contribution is 5.46. The molecule has 0 bridgehead atoms. The summed E-state index contributed by atoms with van der Waals surface area (Å²) in [7, 11) is 0. The molecule has 24 heavy (non-hydrogen) atoms. The molecule has 128 valence electrons. The Balaban J connectivity index is 1.53. The number of nitrogens with zero attached hydrogens (tertiary/aromatic N) is 1. The predicted octanol–water partition coefficient (Wildman–Crippen LogP) is 3.81. The molecule has 1 aliphatic rings. The van der Waals surface area contributed by atoms with Crippen LogP contribution in [-0.4, -0.2) is 29.7 Å². The zero-order chi connectivity index (χ0) is 16.8. The molecule has 3 rings (SSSR count). The highest BCUT2D eigenvalue weighted by Crippen LogP contribution is 2.20. The first-order valence-electron chi connectivity index (χ1n) is 8.94. The van der Waals surface area contributed by atoms with E-state index in [1.165, 1.54) is 22.4 Å². The number of aryl methyl sites for hydroxylation is 1. The van der Waals surface area contributed by atoms with Gasteiger partial charge in [-0.2, -0.15) is 0 Å². The lowest BCUT2D eigenvalue weighted by atomic mass is 9.97. The molecule has 0 atom stereocenters. The number of anilines is 1. The fourth-order valence-corrected chi connectivity index (χ4v) is 3.28. The van der Waals surface area contributed by atoms with E-state index < -0.39 is 0 Å². The van der Waals surface area contributed by atoms with Crippen LogP contribution in [0.4, 0.5) is 5.69 Å². The lowest BCUT2D eigenvalue weighted by Crippen LogP contribution is -2.34. The van der Waals surface area contributed by atoms with E-state index in [0.717, 1.165) is 39.0 Å². The maximum atomic E-state index is 9.24. The van der Waals surface area contributed by atoms with Gasteiger partial charge in [0.25, 0.3) is 0 Å². The van der Waals surface area contributed by atoms with Crippen LogP contribution in [0.1, 0.15) is 29.5 Å². The van der Waals surface area contributed by atoms with Gasteiger partial charge in [0.15, 0.2) is 0 Å². The van der Waals surface area contributed by atoms with Crippen LogP contribution in [0.2, 0.25) is 0 Å². The van der Waals surface area contributed by atoms with Crippen molar-refractivity contribution in [1.82, 2.24) is 4.90 Å². The molecule has 0 aliphatic carbocycles. The van der Waals surface area contributed by atoms with E-state index in [1.54, 1.807) is 0 Å². The van der Waals surface area contributed by atoms with Crippen molar-refractivity contribution in [3.05, 3.63) is 65.2 Å². The van der Waals surface area contributed by atoms with Gasteiger partial charge in [0.2, 0.25) is 0 Å². The van der Waals surface area contributed by atoms with E-state index >= 15 is 0 Å². The Morgan fingerprint density at radius 2 is 1.79 bits per heavy atom. The van der Waals surface area contributed by atoms with Gasteiger partial charge in [-0.25, -0.2) is 0 Å². The fraction of sp³-hybridized carbons (Fsp3) is 0.429. The van der Waals surface area contributed by atoms with Gasteiger partial charge in [-0.1, -0.05) is 42.0 Å². The Bertz CT molecular complexity index is 631. The van der Waals surface area contributed by atoms with Gasteiger partial charge in [0.1, 0.15) is 0 Å². The third-order valence-electron chi connectivity index (χ3n) is 4.92. The number of aliphatic hydroxyl groups is 1. The lowest BCUT2D eigenvalue weighted by Gasteiger charge is -2.31. The fourth-order valence-electron chi connectivity index (χ4n) is 3.28. The maximum Gasteiger partial charge on any atom is 0.0460 e. The van der Waals surface area contributed by atoms with E-state index in [1.807, 2.05) is 0 Å². The standard InChI is InChI=1S/C21H28N2O/c1-17-5-7-18(8-6-17)14-22-21-4-2-3-20(13-21)15-23-11-9-19(16-24)10-12-23/h2-8,13,19,22,24H,9-12,14-16H2,1H3. The van der Waals surface area contributed by atoms with E-state index in [2.05, 4.69) is 65.7 Å². The Morgan fingerprint density at radius 3 is 2.50 bits per heavy atom. The summed E-state index contributed by atoms with van der Waals surface area (Å²) in [6.45, 7) is 6.48. The predicted molar refractivity (Wildman–Crippen MR) is 100 cm³/mol. The van der Waals surface area contributed by atoms with Gasteiger partial charge in [0, 0.05) is 25.4 Å². The number of hydrogen-bond acceptors (Lipinski definition) is 3. The van der Waals surface area contributed by atoms with Crippen LogP contribution in [0.5, 0.6) is 0 Å². The molecular weight excluding hydrogens is 296 g/mol. The first-order chi connectivity index (χ1) is 11.7. The van der Waals surface area contributed by atoms with Crippen LogP contribution in [0.15, 0.2) is 48.5 Å². The summed E-state index contributed by atoms with van der Waals surface area (Å²) in [5.41, 5.74) is 5.13. The Morgan fingerprint density at radius 1 is 1.04 bits per heavy atom. The van der Waals surface area contributed by atoms with Crippen LogP contribution in [-0.2, 0) is 13.1 Å². The molecule has 2 aromatic carbocycles. The molecule has 0 amide bonds. The first-order valence-corrected chi connectivity index (χ1v) is 8.94. The van der Waals surface area contributed by atoms with Crippen LogP contribution in [0.25, 0.3) is 0 Å². The number of likely N-dealkylation sites (tertiary alicyclic amines) is 1. The summed E-state index contributed by atoms with van der Waals surface area (Å²) in [5, 5.41) is 12.8. The highest BCUT2D eigenvalue weighted by Gasteiger charge is 2.18. The first kappa shape index (κ1) is 17.0. The van der Waals surface area contributed by atoms with Crippen molar-refractivity contribution >= 4 is 5.69 Å². The molecule has 0 saturated carbocycles. The molecule has 1 aliphatic heterocycles. The molecule has 0 radical (unpaired) electrons. The van der Waals surface area contributed by atoms with Crippen molar-refractivity contribution in [2.24, 2.45) is 5.92 Å². The molecule has 2 N–H and O–H groups in total. The van der Waals surface area contributed by atoms with Gasteiger partial charge >= 0.3 is 0 Å². The second kappa shape index (κ2) is 8.32. The smallest absolute Gasteiger partial charge is 0.0460 e. The van der Waals surface area contributed by atoms with Crippen molar-refractivity contribution < 1.29 is 5.11 Å². The summed E-state index contributed by atoms with van der Waals surface area (Å²) in [6.07, 6.45) is 2.23. The van der Waals surface area contributed by atoms with Crippen LogP contribution >= 0.6 is 0 Å². The Hall–Kier alpha value is -1.84. The summed E-state index contributed by atoms with van der Waals surface area (Å²) < 4.78 is 0. The normalized spacial score (nSPS) is 16.2. The molecule has 3 nitrogen and oxygen atoms in total. The van der Waals surface area contributed by atoms with Crippen molar-refractivity contribution in [2.75, 3.05) is 25.0 Å². The minimum atomic E-state index is 0.340. The molecular formula is C21H28N2O. The lowest BCUT2D eigenvalue weighted by molar-refractivity contribution is 0.127.